The molecule has 1 aliphatic heterocycles. The molecule has 0 radical (unpaired) electrons. The first-order valence-electron chi connectivity index (χ1n) is 10.0. The summed E-state index contributed by atoms with van der Waals surface area (Å²) in [5.74, 6) is -0.465. The second-order valence-corrected chi connectivity index (χ2v) is 9.57. The Morgan fingerprint density at radius 1 is 1.19 bits per heavy atom. The average molecular weight is 448 g/mol. The highest BCUT2D eigenvalue weighted by Crippen LogP contribution is 2.31. The number of aryl methyl sites for hydroxylation is 1. The van der Waals surface area contributed by atoms with Gasteiger partial charge >= 0.3 is 0 Å². The van der Waals surface area contributed by atoms with E-state index < -0.39 is 15.8 Å². The van der Waals surface area contributed by atoms with E-state index in [4.69, 9.17) is 4.74 Å². The molecule has 6 nitrogen and oxygen atoms in total. The molecule has 4 rings (SSSR count). The number of rotatable bonds is 7. The van der Waals surface area contributed by atoms with Crippen LogP contribution in [0.2, 0.25) is 0 Å². The van der Waals surface area contributed by atoms with Gasteiger partial charge in [-0.3, -0.25) is 5.10 Å². The third kappa shape index (κ3) is 4.77. The van der Waals surface area contributed by atoms with E-state index in [1.807, 2.05) is 6.07 Å². The number of halogens is 2. The average Bonchev–Trinajstić information content (AvgIpc) is 3.40. The SMILES string of the molecule is Cc1ccc(S(=O)(=O)N2CCC(c3cc(CCOc4cccc(F)c4)[nH]n3)C2)cc1F. The van der Waals surface area contributed by atoms with E-state index in [-0.39, 0.29) is 16.6 Å². The van der Waals surface area contributed by atoms with E-state index in [0.717, 1.165) is 17.5 Å². The van der Waals surface area contributed by atoms with E-state index in [1.165, 1.54) is 28.6 Å². The fourth-order valence-corrected chi connectivity index (χ4v) is 5.14. The first-order chi connectivity index (χ1) is 14.8. The van der Waals surface area contributed by atoms with Gasteiger partial charge in [0.05, 0.1) is 17.2 Å². The first-order valence-corrected chi connectivity index (χ1v) is 11.5. The first kappa shape index (κ1) is 21.5. The summed E-state index contributed by atoms with van der Waals surface area (Å²) in [4.78, 5) is -0.0338. The van der Waals surface area contributed by atoms with Crippen LogP contribution in [0, 0.1) is 18.6 Å². The monoisotopic (exact) mass is 447 g/mol. The van der Waals surface area contributed by atoms with Crippen LogP contribution in [-0.2, 0) is 16.4 Å². The number of aromatic nitrogens is 2. The molecule has 3 aromatic rings. The van der Waals surface area contributed by atoms with E-state index in [1.54, 1.807) is 19.1 Å². The maximum Gasteiger partial charge on any atom is 0.243 e. The van der Waals surface area contributed by atoms with Crippen molar-refractivity contribution in [3.05, 3.63) is 77.1 Å². The van der Waals surface area contributed by atoms with Gasteiger partial charge in [0.1, 0.15) is 17.4 Å². The number of aromatic amines is 1. The van der Waals surface area contributed by atoms with Crippen molar-refractivity contribution in [1.29, 1.82) is 0 Å². The molecular formula is C22H23F2N3O3S. The topological polar surface area (TPSA) is 75.3 Å². The second kappa shape index (κ2) is 8.76. The molecule has 0 saturated carbocycles. The van der Waals surface area contributed by atoms with Crippen molar-refractivity contribution < 1.29 is 21.9 Å². The Morgan fingerprint density at radius 3 is 2.81 bits per heavy atom. The van der Waals surface area contributed by atoms with Gasteiger partial charge in [0, 0.05) is 37.2 Å². The molecule has 1 N–H and O–H groups in total. The molecule has 2 aromatic carbocycles. The lowest BCUT2D eigenvalue weighted by atomic mass is 10.0. The van der Waals surface area contributed by atoms with Gasteiger partial charge in [-0.1, -0.05) is 12.1 Å². The lowest BCUT2D eigenvalue weighted by Crippen LogP contribution is -2.28. The predicted octanol–water partition coefficient (Wildman–Crippen LogP) is 3.80. The minimum absolute atomic E-state index is 0.0338. The Hall–Kier alpha value is -2.78. The van der Waals surface area contributed by atoms with Crippen molar-refractivity contribution in [2.75, 3.05) is 19.7 Å². The highest BCUT2D eigenvalue weighted by molar-refractivity contribution is 7.89. The van der Waals surface area contributed by atoms with E-state index in [2.05, 4.69) is 10.2 Å². The van der Waals surface area contributed by atoms with Crippen LogP contribution < -0.4 is 4.74 Å². The van der Waals surface area contributed by atoms with Gasteiger partial charge in [0.15, 0.2) is 0 Å². The standard InChI is InChI=1S/C22H23F2N3O3S/c1-15-5-6-20(13-21(15)24)31(28,29)27-9-7-16(14-27)22-12-18(25-26-22)8-10-30-19-4-2-3-17(23)11-19/h2-6,11-13,16H,7-10,14H2,1H3,(H,25,26). The number of ether oxygens (including phenoxy) is 1. The maximum atomic E-state index is 13.8. The highest BCUT2D eigenvalue weighted by atomic mass is 32.2. The zero-order chi connectivity index (χ0) is 22.0. The molecule has 164 valence electrons. The summed E-state index contributed by atoms with van der Waals surface area (Å²) in [5, 5.41) is 7.29. The third-order valence-electron chi connectivity index (χ3n) is 5.44. The molecule has 0 bridgehead atoms. The van der Waals surface area contributed by atoms with Gasteiger partial charge in [-0.2, -0.15) is 9.40 Å². The fourth-order valence-electron chi connectivity index (χ4n) is 3.62. The van der Waals surface area contributed by atoms with Crippen molar-refractivity contribution in [3.8, 4) is 5.75 Å². The number of sulfonamides is 1. The summed E-state index contributed by atoms with van der Waals surface area (Å²) >= 11 is 0. The van der Waals surface area contributed by atoms with Gasteiger partial charge in [-0.25, -0.2) is 17.2 Å². The summed E-state index contributed by atoms with van der Waals surface area (Å²) in [6.45, 7) is 2.60. The van der Waals surface area contributed by atoms with E-state index in [9.17, 15) is 17.2 Å². The normalized spacial score (nSPS) is 17.2. The quantitative estimate of drug-likeness (QED) is 0.598. The van der Waals surface area contributed by atoms with Gasteiger partial charge in [0.25, 0.3) is 0 Å². The summed E-state index contributed by atoms with van der Waals surface area (Å²) < 4.78 is 59.7. The number of hydrogen-bond acceptors (Lipinski definition) is 4. The van der Waals surface area contributed by atoms with Crippen LogP contribution in [-0.4, -0.2) is 42.6 Å². The van der Waals surface area contributed by atoms with Gasteiger partial charge in [0.2, 0.25) is 10.0 Å². The van der Waals surface area contributed by atoms with Crippen molar-refractivity contribution in [1.82, 2.24) is 14.5 Å². The maximum absolute atomic E-state index is 13.8. The zero-order valence-corrected chi connectivity index (χ0v) is 17.8. The summed E-state index contributed by atoms with van der Waals surface area (Å²) in [6.07, 6.45) is 1.19. The fraction of sp³-hybridized carbons (Fsp3) is 0.318. The van der Waals surface area contributed by atoms with Crippen LogP contribution in [0.4, 0.5) is 8.78 Å². The molecule has 1 atom stereocenters. The van der Waals surface area contributed by atoms with Crippen LogP contribution in [0.1, 0.15) is 29.3 Å². The van der Waals surface area contributed by atoms with Crippen LogP contribution >= 0.6 is 0 Å². The zero-order valence-electron chi connectivity index (χ0n) is 17.0. The molecule has 31 heavy (non-hydrogen) atoms. The van der Waals surface area contributed by atoms with Crippen molar-refractivity contribution >= 4 is 10.0 Å². The van der Waals surface area contributed by atoms with E-state index in [0.29, 0.717) is 43.9 Å². The van der Waals surface area contributed by atoms with Crippen LogP contribution in [0.5, 0.6) is 5.75 Å². The predicted molar refractivity (Wildman–Crippen MR) is 111 cm³/mol. The molecule has 1 unspecified atom stereocenters. The van der Waals surface area contributed by atoms with Crippen molar-refractivity contribution in [2.45, 2.75) is 30.6 Å². The minimum atomic E-state index is -3.76. The molecule has 1 saturated heterocycles. The number of nitrogens with one attached hydrogen (secondary N) is 1. The molecule has 1 aromatic heterocycles. The van der Waals surface area contributed by atoms with Gasteiger partial charge in [-0.05, 0) is 49.2 Å². The Balaban J connectivity index is 1.36. The van der Waals surface area contributed by atoms with Crippen molar-refractivity contribution in [3.63, 3.8) is 0 Å². The molecule has 1 fully saturated rings. The van der Waals surface area contributed by atoms with Crippen LogP contribution in [0.25, 0.3) is 0 Å². The molecule has 2 heterocycles. The largest absolute Gasteiger partial charge is 0.493 e. The lowest BCUT2D eigenvalue weighted by Gasteiger charge is -2.16. The Morgan fingerprint density at radius 2 is 2.03 bits per heavy atom. The Bertz CT molecular complexity index is 1180. The lowest BCUT2D eigenvalue weighted by molar-refractivity contribution is 0.319. The van der Waals surface area contributed by atoms with Crippen LogP contribution in [0.15, 0.2) is 53.4 Å². The van der Waals surface area contributed by atoms with Crippen molar-refractivity contribution in [2.24, 2.45) is 0 Å². The summed E-state index contributed by atoms with van der Waals surface area (Å²) in [7, 11) is -3.76. The smallest absolute Gasteiger partial charge is 0.243 e. The van der Waals surface area contributed by atoms with E-state index >= 15 is 0 Å². The number of nitrogens with zero attached hydrogens (tertiary/aromatic N) is 2. The highest BCUT2D eigenvalue weighted by Gasteiger charge is 2.34. The summed E-state index contributed by atoms with van der Waals surface area (Å²) in [6, 6.07) is 11.8. The molecule has 9 heteroatoms. The van der Waals surface area contributed by atoms with Gasteiger partial charge in [-0.15, -0.1) is 0 Å². The Labute approximate surface area is 179 Å². The third-order valence-corrected chi connectivity index (χ3v) is 7.30. The van der Waals surface area contributed by atoms with Crippen LogP contribution in [0.3, 0.4) is 0 Å². The molecule has 0 amide bonds. The number of hydrogen-bond donors (Lipinski definition) is 1. The number of H-pyrrole nitrogens is 1. The Kier molecular flexibility index (Phi) is 6.06. The molecular weight excluding hydrogens is 424 g/mol. The summed E-state index contributed by atoms with van der Waals surface area (Å²) in [5.41, 5.74) is 2.05. The molecule has 0 spiro atoms. The molecule has 1 aliphatic rings. The van der Waals surface area contributed by atoms with Gasteiger partial charge < -0.3 is 4.74 Å². The molecule has 0 aliphatic carbocycles. The number of benzene rings is 2. The minimum Gasteiger partial charge on any atom is -0.493 e. The second-order valence-electron chi connectivity index (χ2n) is 7.63.